The fourth-order valence-electron chi connectivity index (χ4n) is 4.16. The number of ether oxygens (including phenoxy) is 1. The van der Waals surface area contributed by atoms with Crippen molar-refractivity contribution in [2.45, 2.75) is 33.2 Å². The molecule has 0 spiro atoms. The van der Waals surface area contributed by atoms with Crippen LogP contribution >= 0.6 is 0 Å². The van der Waals surface area contributed by atoms with E-state index in [2.05, 4.69) is 23.7 Å². The molecule has 1 fully saturated rings. The van der Waals surface area contributed by atoms with E-state index < -0.39 is 0 Å². The van der Waals surface area contributed by atoms with E-state index in [-0.39, 0.29) is 18.3 Å². The van der Waals surface area contributed by atoms with E-state index in [1.165, 1.54) is 0 Å². The Kier molecular flexibility index (Phi) is 6.09. The highest BCUT2D eigenvalue weighted by molar-refractivity contribution is 5.94. The predicted octanol–water partition coefficient (Wildman–Crippen LogP) is 3.79. The largest absolute Gasteiger partial charge is 0.426 e. The van der Waals surface area contributed by atoms with Crippen LogP contribution in [0.15, 0.2) is 48.5 Å². The Bertz CT molecular complexity index is 1080. The maximum atomic E-state index is 12.8. The molecule has 162 valence electrons. The third kappa shape index (κ3) is 4.64. The second kappa shape index (κ2) is 8.94. The summed E-state index contributed by atoms with van der Waals surface area (Å²) in [5.74, 6) is 0.149. The lowest BCUT2D eigenvalue weighted by molar-refractivity contribution is -0.133. The first-order valence-electron chi connectivity index (χ1n) is 10.8. The Morgan fingerprint density at radius 2 is 1.68 bits per heavy atom. The molecule has 1 N–H and O–H groups in total. The molecule has 2 aromatic carbocycles. The summed E-state index contributed by atoms with van der Waals surface area (Å²) >= 11 is 0. The zero-order valence-electron chi connectivity index (χ0n) is 18.4. The number of nitrogens with zero attached hydrogens (tertiary/aromatic N) is 2. The highest BCUT2D eigenvalue weighted by Gasteiger charge is 2.23. The van der Waals surface area contributed by atoms with Crippen molar-refractivity contribution < 1.29 is 14.3 Å². The predicted molar refractivity (Wildman–Crippen MR) is 121 cm³/mol. The number of aromatic nitrogens is 1. The van der Waals surface area contributed by atoms with E-state index >= 15 is 0 Å². The number of H-pyrrole nitrogens is 1. The Hall–Kier alpha value is -3.12. The molecular weight excluding hydrogens is 390 g/mol. The second-order valence-corrected chi connectivity index (χ2v) is 8.37. The van der Waals surface area contributed by atoms with Gasteiger partial charge in [-0.2, -0.15) is 0 Å². The van der Waals surface area contributed by atoms with Crippen LogP contribution in [0.1, 0.15) is 35.5 Å². The van der Waals surface area contributed by atoms with Gasteiger partial charge in [0.15, 0.2) is 0 Å². The molecule has 6 heteroatoms. The smallest absolute Gasteiger partial charge is 0.315 e. The Morgan fingerprint density at radius 1 is 1.00 bits per heavy atom. The minimum atomic E-state index is -0.322. The first-order valence-corrected chi connectivity index (χ1v) is 10.8. The number of para-hydroxylation sites is 1. The van der Waals surface area contributed by atoms with Crippen LogP contribution in [0.25, 0.3) is 10.9 Å². The van der Waals surface area contributed by atoms with Gasteiger partial charge in [-0.05, 0) is 56.7 Å². The highest BCUT2D eigenvalue weighted by Crippen LogP contribution is 2.23. The molecule has 0 saturated carbocycles. The second-order valence-electron chi connectivity index (χ2n) is 8.37. The van der Waals surface area contributed by atoms with Gasteiger partial charge in [0, 0.05) is 54.4 Å². The molecule has 0 aliphatic carbocycles. The fourth-order valence-corrected chi connectivity index (χ4v) is 4.16. The molecule has 0 unspecified atom stereocenters. The van der Waals surface area contributed by atoms with Crippen molar-refractivity contribution in [2.24, 2.45) is 0 Å². The van der Waals surface area contributed by atoms with Crippen molar-refractivity contribution in [3.63, 3.8) is 0 Å². The van der Waals surface area contributed by atoms with Gasteiger partial charge in [0.2, 0.25) is 0 Å². The number of esters is 1. The third-order valence-corrected chi connectivity index (χ3v) is 6.01. The lowest BCUT2D eigenvalue weighted by Crippen LogP contribution is -2.50. The zero-order chi connectivity index (χ0) is 22.0. The van der Waals surface area contributed by atoms with E-state index in [9.17, 15) is 9.59 Å². The lowest BCUT2D eigenvalue weighted by Gasteiger charge is -2.37. The summed E-state index contributed by atoms with van der Waals surface area (Å²) in [5, 5.41) is 1.04. The van der Waals surface area contributed by atoms with E-state index in [0.717, 1.165) is 48.3 Å². The molecule has 2 heterocycles. The number of carbonyl (C=O) groups is 2. The molecule has 1 amide bonds. The summed E-state index contributed by atoms with van der Waals surface area (Å²) < 4.78 is 5.53. The number of hydrogen-bond acceptors (Lipinski definition) is 4. The van der Waals surface area contributed by atoms with Gasteiger partial charge in [-0.1, -0.05) is 18.2 Å². The quantitative estimate of drug-likeness (QED) is 0.505. The molecule has 6 nitrogen and oxygen atoms in total. The summed E-state index contributed by atoms with van der Waals surface area (Å²) in [7, 11) is 0. The summed E-state index contributed by atoms with van der Waals surface area (Å²) in [4.78, 5) is 32.9. The topological polar surface area (TPSA) is 65.6 Å². The zero-order valence-corrected chi connectivity index (χ0v) is 18.4. The van der Waals surface area contributed by atoms with Crippen molar-refractivity contribution in [1.29, 1.82) is 0 Å². The number of hydrogen-bond donors (Lipinski definition) is 1. The normalized spacial score (nSPS) is 14.9. The Balaban J connectivity index is 1.36. The molecule has 1 aromatic heterocycles. The molecule has 1 aliphatic heterocycles. The van der Waals surface area contributed by atoms with Crippen LogP contribution in [0.3, 0.4) is 0 Å². The van der Waals surface area contributed by atoms with Gasteiger partial charge < -0.3 is 14.6 Å². The number of nitrogens with one attached hydrogen (secondary N) is 1. The van der Waals surface area contributed by atoms with Crippen LogP contribution in [0, 0.1) is 6.92 Å². The average Bonchev–Trinajstić information content (AvgIpc) is 3.09. The van der Waals surface area contributed by atoms with Gasteiger partial charge in [0.1, 0.15) is 5.75 Å². The average molecular weight is 420 g/mol. The number of rotatable bonds is 5. The maximum Gasteiger partial charge on any atom is 0.315 e. The maximum absolute atomic E-state index is 12.8. The SMILES string of the molecule is Cc1[nH]c2ccccc2c1CC(=O)Oc1ccc(C(=O)N2CCN(C(C)C)CC2)cc1. The Labute approximate surface area is 182 Å². The number of carbonyl (C=O) groups excluding carboxylic acids is 2. The summed E-state index contributed by atoms with van der Waals surface area (Å²) in [6, 6.07) is 15.3. The van der Waals surface area contributed by atoms with Crippen molar-refractivity contribution >= 4 is 22.8 Å². The van der Waals surface area contributed by atoms with Gasteiger partial charge in [-0.25, -0.2) is 0 Å². The molecule has 31 heavy (non-hydrogen) atoms. The van der Waals surface area contributed by atoms with Gasteiger partial charge in [-0.3, -0.25) is 14.5 Å². The number of aryl methyl sites for hydroxylation is 1. The first kappa shape index (κ1) is 21.1. The van der Waals surface area contributed by atoms with E-state index in [0.29, 0.717) is 17.4 Å². The molecular formula is C25H29N3O3. The van der Waals surface area contributed by atoms with Crippen LogP contribution in [0.2, 0.25) is 0 Å². The standard InChI is InChI=1S/C25H29N3O3/c1-17(2)27-12-14-28(15-13-27)25(30)19-8-10-20(11-9-19)31-24(29)16-22-18(3)26-23-7-5-4-6-21(22)23/h4-11,17,26H,12-16H2,1-3H3. The molecule has 0 atom stereocenters. The van der Waals surface area contributed by atoms with Crippen LogP contribution in [-0.2, 0) is 11.2 Å². The number of benzene rings is 2. The monoisotopic (exact) mass is 419 g/mol. The minimum absolute atomic E-state index is 0.0238. The molecule has 3 aromatic rings. The lowest BCUT2D eigenvalue weighted by atomic mass is 10.1. The van der Waals surface area contributed by atoms with Crippen molar-refractivity contribution in [2.75, 3.05) is 26.2 Å². The van der Waals surface area contributed by atoms with Crippen LogP contribution in [0.4, 0.5) is 0 Å². The number of piperazine rings is 1. The van der Waals surface area contributed by atoms with Crippen LogP contribution in [0.5, 0.6) is 5.75 Å². The van der Waals surface area contributed by atoms with Crippen molar-refractivity contribution in [1.82, 2.24) is 14.8 Å². The van der Waals surface area contributed by atoms with Crippen LogP contribution < -0.4 is 4.74 Å². The van der Waals surface area contributed by atoms with Crippen molar-refractivity contribution in [3.05, 3.63) is 65.4 Å². The van der Waals surface area contributed by atoms with Gasteiger partial charge >= 0.3 is 5.97 Å². The van der Waals surface area contributed by atoms with E-state index in [1.54, 1.807) is 24.3 Å². The van der Waals surface area contributed by atoms with E-state index in [1.807, 2.05) is 36.1 Å². The van der Waals surface area contributed by atoms with Crippen molar-refractivity contribution in [3.8, 4) is 5.75 Å². The molecule has 4 rings (SSSR count). The fraction of sp³-hybridized carbons (Fsp3) is 0.360. The third-order valence-electron chi connectivity index (χ3n) is 6.01. The molecule has 1 saturated heterocycles. The summed E-state index contributed by atoms with van der Waals surface area (Å²) in [6.45, 7) is 9.58. The first-order chi connectivity index (χ1) is 14.9. The van der Waals surface area contributed by atoms with Crippen LogP contribution in [-0.4, -0.2) is 58.9 Å². The number of fused-ring (bicyclic) bond motifs is 1. The minimum Gasteiger partial charge on any atom is -0.426 e. The molecule has 1 aliphatic rings. The molecule has 0 bridgehead atoms. The van der Waals surface area contributed by atoms with Gasteiger partial charge in [0.05, 0.1) is 6.42 Å². The summed E-state index contributed by atoms with van der Waals surface area (Å²) in [6.07, 6.45) is 0.191. The van der Waals surface area contributed by atoms with E-state index in [4.69, 9.17) is 4.74 Å². The number of aromatic amines is 1. The summed E-state index contributed by atoms with van der Waals surface area (Å²) in [5.41, 5.74) is 3.55. The number of amides is 1. The van der Waals surface area contributed by atoms with Gasteiger partial charge in [0.25, 0.3) is 5.91 Å². The highest BCUT2D eigenvalue weighted by atomic mass is 16.5. The Morgan fingerprint density at radius 3 is 2.35 bits per heavy atom. The van der Waals surface area contributed by atoms with Gasteiger partial charge in [-0.15, -0.1) is 0 Å². The molecule has 0 radical (unpaired) electrons.